The molecule has 0 spiro atoms. The summed E-state index contributed by atoms with van der Waals surface area (Å²) in [6.07, 6.45) is -0.189. The van der Waals surface area contributed by atoms with Crippen molar-refractivity contribution in [2.45, 2.75) is 56.1 Å². The summed E-state index contributed by atoms with van der Waals surface area (Å²) in [4.78, 5) is 13.1. The summed E-state index contributed by atoms with van der Waals surface area (Å²) in [5.74, 6) is -0.0310. The Morgan fingerprint density at radius 1 is 1.12 bits per heavy atom. The maximum Gasteiger partial charge on any atom is 0.407 e. The van der Waals surface area contributed by atoms with Crippen molar-refractivity contribution in [1.29, 1.82) is 0 Å². The van der Waals surface area contributed by atoms with Gasteiger partial charge in [-0.25, -0.2) is 13.2 Å². The fourth-order valence-electron chi connectivity index (χ4n) is 5.29. The summed E-state index contributed by atoms with van der Waals surface area (Å²) in [7, 11) is -3.97. The minimum atomic E-state index is -3.97. The molecular formula is C29H36N2O8S. The molecule has 10 nitrogen and oxygen atoms in total. The zero-order chi connectivity index (χ0) is 28.3. The summed E-state index contributed by atoms with van der Waals surface area (Å²) < 4.78 is 50.9. The summed E-state index contributed by atoms with van der Waals surface area (Å²) in [5, 5.41) is 14.9. The van der Waals surface area contributed by atoms with Crippen LogP contribution in [0.5, 0.6) is 0 Å². The van der Waals surface area contributed by atoms with Crippen molar-refractivity contribution in [3.63, 3.8) is 0 Å². The fraction of sp³-hybridized carbons (Fsp3) is 0.483. The fourth-order valence-corrected chi connectivity index (χ4v) is 6.95. The average molecular weight is 573 g/mol. The first-order chi connectivity index (χ1) is 19.2. The van der Waals surface area contributed by atoms with Crippen molar-refractivity contribution >= 4 is 27.1 Å². The summed E-state index contributed by atoms with van der Waals surface area (Å²) in [6, 6.07) is 15.0. The predicted molar refractivity (Wildman–Crippen MR) is 147 cm³/mol. The van der Waals surface area contributed by atoms with E-state index in [2.05, 4.69) is 5.32 Å². The van der Waals surface area contributed by atoms with E-state index < -0.39 is 34.4 Å². The third kappa shape index (κ3) is 6.50. The highest BCUT2D eigenvalue weighted by atomic mass is 32.2. The molecule has 0 aliphatic carbocycles. The monoisotopic (exact) mass is 572 g/mol. The molecule has 0 radical (unpaired) electrons. The molecule has 0 saturated carbocycles. The number of ether oxygens (including phenoxy) is 3. The minimum absolute atomic E-state index is 0.00549. The number of rotatable bonds is 11. The van der Waals surface area contributed by atoms with Crippen LogP contribution >= 0.6 is 0 Å². The molecule has 5 rings (SSSR count). The first kappa shape index (κ1) is 28.6. The smallest absolute Gasteiger partial charge is 0.407 e. The lowest BCUT2D eigenvalue weighted by atomic mass is 10.0. The number of benzene rings is 2. The molecule has 2 aliphatic heterocycles. The number of nitrogens with zero attached hydrogens (tertiary/aromatic N) is 1. The first-order valence-corrected chi connectivity index (χ1v) is 15.0. The average Bonchev–Trinajstić information content (AvgIpc) is 3.66. The third-order valence-corrected chi connectivity index (χ3v) is 9.16. The van der Waals surface area contributed by atoms with Gasteiger partial charge < -0.3 is 29.1 Å². The number of aliphatic hydroxyl groups excluding tert-OH is 1. The van der Waals surface area contributed by atoms with Crippen LogP contribution < -0.4 is 5.32 Å². The van der Waals surface area contributed by atoms with Gasteiger partial charge in [-0.3, -0.25) is 0 Å². The molecule has 2 aromatic carbocycles. The number of aliphatic hydroxyl groups is 1. The van der Waals surface area contributed by atoms with Crippen LogP contribution in [0.4, 0.5) is 4.79 Å². The standard InChI is InChI=1S/C29H36N2O8S/c1-19(2)16-31(40(34,35)22-8-9-26-21(15-22)10-12-36-26)17-25(32)24(14-20-6-4-3-5-7-20)30-29(33)39-27-18-38-28-23(27)11-13-37-28/h3-10,12,15,19,23-25,27-28,32H,11,13-14,16-18H2,1-2H3,(H,30,33). The minimum Gasteiger partial charge on any atom is -0.464 e. The van der Waals surface area contributed by atoms with Crippen molar-refractivity contribution in [3.05, 3.63) is 66.4 Å². The molecule has 216 valence electrons. The molecule has 2 fully saturated rings. The molecule has 0 bridgehead atoms. The molecule has 2 saturated heterocycles. The van der Waals surface area contributed by atoms with Gasteiger partial charge in [-0.15, -0.1) is 0 Å². The molecule has 2 N–H and O–H groups in total. The lowest BCUT2D eigenvalue weighted by Gasteiger charge is -2.31. The lowest BCUT2D eigenvalue weighted by Crippen LogP contribution is -2.51. The Bertz CT molecular complexity index is 1390. The summed E-state index contributed by atoms with van der Waals surface area (Å²) in [6.45, 7) is 4.60. The predicted octanol–water partition coefficient (Wildman–Crippen LogP) is 3.54. The van der Waals surface area contributed by atoms with E-state index in [9.17, 15) is 18.3 Å². The van der Waals surface area contributed by atoms with Crippen molar-refractivity contribution in [2.75, 3.05) is 26.3 Å². The molecule has 1 aromatic heterocycles. The van der Waals surface area contributed by atoms with Gasteiger partial charge in [-0.1, -0.05) is 44.2 Å². The number of sulfonamides is 1. The van der Waals surface area contributed by atoms with Crippen LogP contribution in [0.3, 0.4) is 0 Å². The van der Waals surface area contributed by atoms with Gasteiger partial charge in [0.2, 0.25) is 10.0 Å². The van der Waals surface area contributed by atoms with E-state index in [0.717, 1.165) is 12.0 Å². The Balaban J connectivity index is 1.34. The van der Waals surface area contributed by atoms with Crippen LogP contribution in [-0.4, -0.2) is 74.8 Å². The number of nitrogens with one attached hydrogen (secondary N) is 1. The number of hydrogen-bond donors (Lipinski definition) is 2. The van der Waals surface area contributed by atoms with Crippen molar-refractivity contribution in [2.24, 2.45) is 11.8 Å². The third-order valence-electron chi connectivity index (χ3n) is 7.33. The molecule has 3 heterocycles. The molecule has 40 heavy (non-hydrogen) atoms. The Morgan fingerprint density at radius 3 is 2.70 bits per heavy atom. The van der Waals surface area contributed by atoms with E-state index in [0.29, 0.717) is 17.6 Å². The van der Waals surface area contributed by atoms with Crippen LogP contribution in [0.15, 0.2) is 70.2 Å². The number of fused-ring (bicyclic) bond motifs is 2. The highest BCUT2D eigenvalue weighted by Gasteiger charge is 2.44. The Morgan fingerprint density at radius 2 is 1.93 bits per heavy atom. The number of carbonyl (C=O) groups is 1. The largest absolute Gasteiger partial charge is 0.464 e. The van der Waals surface area contributed by atoms with E-state index >= 15 is 0 Å². The number of furan rings is 1. The zero-order valence-corrected chi connectivity index (χ0v) is 23.5. The normalized spacial score (nSPS) is 22.5. The van der Waals surface area contributed by atoms with Crippen molar-refractivity contribution in [3.8, 4) is 0 Å². The van der Waals surface area contributed by atoms with Crippen LogP contribution in [0.25, 0.3) is 11.0 Å². The van der Waals surface area contributed by atoms with Gasteiger partial charge in [0, 0.05) is 18.5 Å². The molecule has 1 amide bonds. The Hall–Kier alpha value is -2.96. The second-order valence-electron chi connectivity index (χ2n) is 10.8. The van der Waals surface area contributed by atoms with Crippen LogP contribution in [0.2, 0.25) is 0 Å². The van der Waals surface area contributed by atoms with Crippen LogP contribution in [-0.2, 0) is 30.7 Å². The zero-order valence-electron chi connectivity index (χ0n) is 22.6. The summed E-state index contributed by atoms with van der Waals surface area (Å²) in [5.41, 5.74) is 1.46. The van der Waals surface area contributed by atoms with E-state index in [-0.39, 0.29) is 49.1 Å². The summed E-state index contributed by atoms with van der Waals surface area (Å²) >= 11 is 0. The second-order valence-corrected chi connectivity index (χ2v) is 12.8. The highest BCUT2D eigenvalue weighted by molar-refractivity contribution is 7.89. The quantitative estimate of drug-likeness (QED) is 0.357. The molecular weight excluding hydrogens is 536 g/mol. The maximum atomic E-state index is 13.8. The van der Waals surface area contributed by atoms with Gasteiger partial charge in [-0.05, 0) is 48.6 Å². The van der Waals surface area contributed by atoms with E-state index in [1.54, 1.807) is 18.2 Å². The van der Waals surface area contributed by atoms with Gasteiger partial charge >= 0.3 is 6.09 Å². The van der Waals surface area contributed by atoms with E-state index in [1.807, 2.05) is 44.2 Å². The molecule has 5 unspecified atom stereocenters. The number of alkyl carbamates (subject to hydrolysis) is 1. The molecule has 3 aromatic rings. The Labute approximate surface area is 234 Å². The molecule has 5 atom stereocenters. The Kier molecular flexibility index (Phi) is 8.77. The first-order valence-electron chi connectivity index (χ1n) is 13.6. The molecule has 2 aliphatic rings. The van der Waals surface area contributed by atoms with Crippen LogP contribution in [0.1, 0.15) is 25.8 Å². The number of carbonyl (C=O) groups excluding carboxylic acids is 1. The lowest BCUT2D eigenvalue weighted by molar-refractivity contribution is -0.0907. The van der Waals surface area contributed by atoms with Gasteiger partial charge in [0.1, 0.15) is 11.7 Å². The van der Waals surface area contributed by atoms with Crippen LogP contribution in [0, 0.1) is 11.8 Å². The number of amides is 1. The highest BCUT2D eigenvalue weighted by Crippen LogP contribution is 2.33. The van der Waals surface area contributed by atoms with Gasteiger partial charge in [-0.2, -0.15) is 4.31 Å². The maximum absolute atomic E-state index is 13.8. The van der Waals surface area contributed by atoms with E-state index in [4.69, 9.17) is 18.6 Å². The van der Waals surface area contributed by atoms with Gasteiger partial charge in [0.05, 0.1) is 42.4 Å². The van der Waals surface area contributed by atoms with Gasteiger partial charge in [0.15, 0.2) is 6.29 Å². The van der Waals surface area contributed by atoms with Crippen molar-refractivity contribution in [1.82, 2.24) is 9.62 Å². The molecule has 11 heteroatoms. The van der Waals surface area contributed by atoms with Gasteiger partial charge in [0.25, 0.3) is 0 Å². The second kappa shape index (κ2) is 12.3. The SMILES string of the molecule is CC(C)CN(CC(O)C(Cc1ccccc1)NC(=O)OC1COC2OCCC12)S(=O)(=O)c1ccc2occc2c1. The van der Waals surface area contributed by atoms with Crippen molar-refractivity contribution < 1.29 is 36.9 Å². The van der Waals surface area contributed by atoms with E-state index in [1.165, 1.54) is 16.6 Å². The number of hydrogen-bond acceptors (Lipinski definition) is 8. The topological polar surface area (TPSA) is 128 Å².